The zero-order chi connectivity index (χ0) is 28.1. The summed E-state index contributed by atoms with van der Waals surface area (Å²) in [5.41, 5.74) is 6.93. The summed E-state index contributed by atoms with van der Waals surface area (Å²) in [5.74, 6) is 0.660. The Labute approximate surface area is 249 Å². The molecule has 0 atom stereocenters. The van der Waals surface area contributed by atoms with Crippen LogP contribution < -0.4 is 0 Å². The quantitative estimate of drug-likeness (QED) is 0.209. The fourth-order valence-electron chi connectivity index (χ4n) is 6.76. The van der Waals surface area contributed by atoms with Gasteiger partial charge >= 0.3 is 0 Å². The van der Waals surface area contributed by atoms with Crippen molar-refractivity contribution in [3.63, 3.8) is 0 Å². The third kappa shape index (κ3) is 3.14. The molecule has 0 fully saturated rings. The Hall–Kier alpha value is -5.52. The van der Waals surface area contributed by atoms with E-state index in [-0.39, 0.29) is 0 Å². The molecule has 4 heterocycles. The average molecular weight is 568 g/mol. The van der Waals surface area contributed by atoms with Crippen LogP contribution in [0.4, 0.5) is 0 Å². The van der Waals surface area contributed by atoms with E-state index in [2.05, 4.69) is 114 Å². The van der Waals surface area contributed by atoms with Gasteiger partial charge in [0.15, 0.2) is 0 Å². The van der Waals surface area contributed by atoms with Gasteiger partial charge in [-0.15, -0.1) is 11.3 Å². The van der Waals surface area contributed by atoms with Crippen LogP contribution in [0, 0.1) is 0 Å². The molecule has 0 bridgehead atoms. The summed E-state index contributed by atoms with van der Waals surface area (Å²) in [7, 11) is 0. The minimum Gasteiger partial charge on any atom is -0.455 e. The number of rotatable bonds is 2. The highest BCUT2D eigenvalue weighted by atomic mass is 32.1. The molecule has 0 amide bonds. The first-order valence-corrected chi connectivity index (χ1v) is 15.2. The Balaban J connectivity index is 1.42. The maximum Gasteiger partial charge on any atom is 0.235 e. The van der Waals surface area contributed by atoms with Gasteiger partial charge in [0.25, 0.3) is 0 Å². The fourth-order valence-corrected chi connectivity index (χ4v) is 7.87. The van der Waals surface area contributed by atoms with Gasteiger partial charge in [0.05, 0.1) is 22.2 Å². The van der Waals surface area contributed by atoms with Gasteiger partial charge in [-0.25, -0.2) is 9.97 Å². The summed E-state index contributed by atoms with van der Waals surface area (Å²) in [6.07, 6.45) is 0. The molecule has 5 heteroatoms. The van der Waals surface area contributed by atoms with Crippen LogP contribution >= 0.6 is 11.3 Å². The van der Waals surface area contributed by atoms with E-state index in [4.69, 9.17) is 14.4 Å². The van der Waals surface area contributed by atoms with Crippen molar-refractivity contribution in [1.29, 1.82) is 0 Å². The normalized spacial score (nSPS) is 12.2. The van der Waals surface area contributed by atoms with Crippen LogP contribution in [0.3, 0.4) is 0 Å². The SMILES string of the molecule is c1ccc(-c2nc(-n3c4ccccc4c4ccc5sc6ccc7c8ccccc8oc7c6c5c43)nc3ccccc23)cc1. The molecular formula is C38H21N3OS. The molecule has 4 nitrogen and oxygen atoms in total. The molecule has 0 aliphatic rings. The molecule has 0 N–H and O–H groups in total. The van der Waals surface area contributed by atoms with E-state index in [0.717, 1.165) is 60.5 Å². The van der Waals surface area contributed by atoms with Gasteiger partial charge in [0, 0.05) is 52.7 Å². The maximum atomic E-state index is 6.60. The van der Waals surface area contributed by atoms with Gasteiger partial charge in [-0.3, -0.25) is 4.57 Å². The highest BCUT2D eigenvalue weighted by Crippen LogP contribution is 2.46. The van der Waals surface area contributed by atoms with Crippen LogP contribution in [0.25, 0.3) is 92.0 Å². The number of hydrogen-bond donors (Lipinski definition) is 0. The van der Waals surface area contributed by atoms with Crippen LogP contribution in [0.5, 0.6) is 0 Å². The average Bonchev–Trinajstić information content (AvgIpc) is 3.74. The van der Waals surface area contributed by atoms with Crippen molar-refractivity contribution in [2.75, 3.05) is 0 Å². The van der Waals surface area contributed by atoms with Crippen molar-refractivity contribution >= 4 is 86.2 Å². The van der Waals surface area contributed by atoms with Crippen molar-refractivity contribution in [3.8, 4) is 17.2 Å². The first-order chi connectivity index (χ1) is 21.3. The molecule has 200 valence electrons. The van der Waals surface area contributed by atoms with Crippen molar-refractivity contribution in [2.24, 2.45) is 0 Å². The molecule has 0 unspecified atom stereocenters. The van der Waals surface area contributed by atoms with Crippen molar-refractivity contribution < 1.29 is 4.42 Å². The topological polar surface area (TPSA) is 43.9 Å². The first kappa shape index (κ1) is 23.1. The second kappa shape index (κ2) is 8.51. The van der Waals surface area contributed by atoms with Crippen LogP contribution in [0.2, 0.25) is 0 Å². The second-order valence-corrected chi connectivity index (χ2v) is 12.0. The minimum absolute atomic E-state index is 0.660. The van der Waals surface area contributed by atoms with Gasteiger partial charge in [0.1, 0.15) is 11.2 Å². The summed E-state index contributed by atoms with van der Waals surface area (Å²) < 4.78 is 11.3. The van der Waals surface area contributed by atoms with Crippen molar-refractivity contribution in [3.05, 3.63) is 127 Å². The summed E-state index contributed by atoms with van der Waals surface area (Å²) in [5, 5.41) is 7.98. The summed E-state index contributed by atoms with van der Waals surface area (Å²) in [6, 6.07) is 44.5. The molecule has 0 saturated heterocycles. The lowest BCUT2D eigenvalue weighted by Gasteiger charge is -2.12. The number of benzene rings is 6. The number of hydrogen-bond acceptors (Lipinski definition) is 4. The summed E-state index contributed by atoms with van der Waals surface area (Å²) >= 11 is 1.80. The molecule has 0 aliphatic carbocycles. The molecule has 10 rings (SSSR count). The Bertz CT molecular complexity index is 2730. The molecule has 4 aromatic heterocycles. The van der Waals surface area contributed by atoms with E-state index in [1.165, 1.54) is 25.6 Å². The molecular weight excluding hydrogens is 547 g/mol. The van der Waals surface area contributed by atoms with E-state index in [0.29, 0.717) is 5.95 Å². The monoisotopic (exact) mass is 567 g/mol. The van der Waals surface area contributed by atoms with Crippen LogP contribution in [0.15, 0.2) is 132 Å². The Morgan fingerprint density at radius 3 is 2.12 bits per heavy atom. The van der Waals surface area contributed by atoms with E-state index < -0.39 is 0 Å². The standard InChI is InChI=1S/C38H21N3OS/c1-2-10-22(11-3-1)35-27-14-4-7-15-28(27)39-38(40-35)41-29-16-8-5-12-23(29)25-18-20-31-33(36(25)41)34-32(43-31)21-19-26-24-13-6-9-17-30(24)42-37(26)34/h1-21H. The predicted molar refractivity (Wildman–Crippen MR) is 179 cm³/mol. The number of nitrogens with zero attached hydrogens (tertiary/aromatic N) is 3. The fraction of sp³-hybridized carbons (Fsp3) is 0. The number of para-hydroxylation sites is 3. The van der Waals surface area contributed by atoms with E-state index in [1.807, 2.05) is 18.2 Å². The van der Waals surface area contributed by atoms with E-state index >= 15 is 0 Å². The van der Waals surface area contributed by atoms with Gasteiger partial charge in [-0.05, 0) is 36.4 Å². The summed E-state index contributed by atoms with van der Waals surface area (Å²) in [4.78, 5) is 10.5. The lowest BCUT2D eigenvalue weighted by atomic mass is 10.1. The predicted octanol–water partition coefficient (Wildman–Crippen LogP) is 10.7. The lowest BCUT2D eigenvalue weighted by Crippen LogP contribution is -2.03. The van der Waals surface area contributed by atoms with Crippen molar-refractivity contribution in [1.82, 2.24) is 14.5 Å². The maximum absolute atomic E-state index is 6.60. The third-order valence-electron chi connectivity index (χ3n) is 8.62. The molecule has 0 aliphatic heterocycles. The summed E-state index contributed by atoms with van der Waals surface area (Å²) in [6.45, 7) is 0. The zero-order valence-electron chi connectivity index (χ0n) is 22.8. The smallest absolute Gasteiger partial charge is 0.235 e. The second-order valence-electron chi connectivity index (χ2n) is 11.0. The van der Waals surface area contributed by atoms with Crippen LogP contribution in [-0.4, -0.2) is 14.5 Å². The van der Waals surface area contributed by atoms with Gasteiger partial charge in [-0.2, -0.15) is 0 Å². The van der Waals surface area contributed by atoms with Gasteiger partial charge in [0.2, 0.25) is 5.95 Å². The molecule has 0 radical (unpaired) electrons. The lowest BCUT2D eigenvalue weighted by molar-refractivity contribution is 0.673. The van der Waals surface area contributed by atoms with Gasteiger partial charge in [-0.1, -0.05) is 91.0 Å². The molecule has 0 spiro atoms. The van der Waals surface area contributed by atoms with Gasteiger partial charge < -0.3 is 4.42 Å². The molecule has 43 heavy (non-hydrogen) atoms. The largest absolute Gasteiger partial charge is 0.455 e. The Kier molecular flexibility index (Phi) is 4.57. The van der Waals surface area contributed by atoms with Crippen molar-refractivity contribution in [2.45, 2.75) is 0 Å². The highest BCUT2D eigenvalue weighted by Gasteiger charge is 2.23. The molecule has 0 saturated carbocycles. The van der Waals surface area contributed by atoms with Crippen LogP contribution in [-0.2, 0) is 0 Å². The number of thiophene rings is 1. The molecule has 6 aromatic carbocycles. The first-order valence-electron chi connectivity index (χ1n) is 14.3. The Morgan fingerprint density at radius 2 is 1.23 bits per heavy atom. The number of aromatic nitrogens is 3. The molecule has 10 aromatic rings. The number of furan rings is 1. The Morgan fingerprint density at radius 1 is 0.535 bits per heavy atom. The minimum atomic E-state index is 0.660. The number of fused-ring (bicyclic) bond motifs is 12. The highest BCUT2D eigenvalue weighted by molar-refractivity contribution is 7.26. The van der Waals surface area contributed by atoms with Crippen LogP contribution in [0.1, 0.15) is 0 Å². The van der Waals surface area contributed by atoms with E-state index in [9.17, 15) is 0 Å². The third-order valence-corrected chi connectivity index (χ3v) is 9.74. The van der Waals surface area contributed by atoms with E-state index in [1.54, 1.807) is 11.3 Å². The zero-order valence-corrected chi connectivity index (χ0v) is 23.6.